The first-order chi connectivity index (χ1) is 13.2. The van der Waals surface area contributed by atoms with Gasteiger partial charge in [0.2, 0.25) is 0 Å². The van der Waals surface area contributed by atoms with E-state index in [1.165, 1.54) is 6.33 Å². The third-order valence-electron chi connectivity index (χ3n) is 4.10. The number of ether oxygens (including phenoxy) is 1. The summed E-state index contributed by atoms with van der Waals surface area (Å²) in [5.41, 5.74) is 4.42. The lowest BCUT2D eigenvalue weighted by molar-refractivity contribution is 0.415. The predicted octanol–water partition coefficient (Wildman–Crippen LogP) is 3.69. The Labute approximate surface area is 156 Å². The highest BCUT2D eigenvalue weighted by Crippen LogP contribution is 2.35. The van der Waals surface area contributed by atoms with Crippen LogP contribution >= 0.6 is 0 Å². The van der Waals surface area contributed by atoms with Gasteiger partial charge < -0.3 is 10.1 Å². The van der Waals surface area contributed by atoms with E-state index in [1.807, 2.05) is 55.7 Å². The Balaban J connectivity index is 1.75. The fourth-order valence-corrected chi connectivity index (χ4v) is 2.83. The van der Waals surface area contributed by atoms with Crippen molar-refractivity contribution in [2.45, 2.75) is 0 Å². The third-order valence-corrected chi connectivity index (χ3v) is 4.10. The van der Waals surface area contributed by atoms with E-state index < -0.39 is 0 Å². The van der Waals surface area contributed by atoms with E-state index in [0.29, 0.717) is 17.3 Å². The second-order valence-corrected chi connectivity index (χ2v) is 5.92. The highest BCUT2D eigenvalue weighted by atomic mass is 16.5. The van der Waals surface area contributed by atoms with E-state index in [9.17, 15) is 0 Å². The highest BCUT2D eigenvalue weighted by molar-refractivity contribution is 5.77. The van der Waals surface area contributed by atoms with Gasteiger partial charge in [-0.1, -0.05) is 18.2 Å². The van der Waals surface area contributed by atoms with Gasteiger partial charge in [0.1, 0.15) is 12.0 Å². The van der Waals surface area contributed by atoms with Gasteiger partial charge in [0.05, 0.1) is 12.8 Å². The standard InChI is InChI=1S/C20H18N6O/c1-26-11-8-17(25-26)14-4-3-5-15(12-14)18-19(27-2)20(23-13-22-18)24-16-6-9-21-10-7-16/h3-13H,1-2H3,(H,21,22,23,24). The number of rotatable bonds is 5. The normalized spacial score (nSPS) is 10.6. The lowest BCUT2D eigenvalue weighted by Crippen LogP contribution is -2.01. The first-order valence-electron chi connectivity index (χ1n) is 8.41. The monoisotopic (exact) mass is 358 g/mol. The van der Waals surface area contributed by atoms with Gasteiger partial charge in [0, 0.05) is 42.5 Å². The molecule has 7 nitrogen and oxygen atoms in total. The van der Waals surface area contributed by atoms with Crippen molar-refractivity contribution in [2.75, 3.05) is 12.4 Å². The molecular formula is C20H18N6O. The average Bonchev–Trinajstić information content (AvgIpc) is 3.15. The predicted molar refractivity (Wildman–Crippen MR) is 104 cm³/mol. The quantitative estimate of drug-likeness (QED) is 0.586. The van der Waals surface area contributed by atoms with E-state index >= 15 is 0 Å². The van der Waals surface area contributed by atoms with E-state index in [-0.39, 0.29) is 0 Å². The van der Waals surface area contributed by atoms with Gasteiger partial charge in [0.15, 0.2) is 11.6 Å². The van der Waals surface area contributed by atoms with Gasteiger partial charge in [-0.25, -0.2) is 9.97 Å². The van der Waals surface area contributed by atoms with E-state index in [2.05, 4.69) is 25.4 Å². The molecule has 27 heavy (non-hydrogen) atoms. The van der Waals surface area contributed by atoms with Crippen molar-refractivity contribution in [1.82, 2.24) is 24.7 Å². The molecule has 0 aliphatic rings. The molecule has 0 aliphatic heterocycles. The summed E-state index contributed by atoms with van der Waals surface area (Å²) in [6.07, 6.45) is 6.87. The van der Waals surface area contributed by atoms with Crippen LogP contribution in [-0.2, 0) is 7.05 Å². The maximum atomic E-state index is 5.63. The summed E-state index contributed by atoms with van der Waals surface area (Å²) >= 11 is 0. The molecule has 0 fully saturated rings. The molecule has 0 atom stereocenters. The minimum Gasteiger partial charge on any atom is -0.491 e. The van der Waals surface area contributed by atoms with Crippen molar-refractivity contribution >= 4 is 11.5 Å². The molecule has 0 saturated heterocycles. The Hall–Kier alpha value is -3.74. The van der Waals surface area contributed by atoms with E-state index in [4.69, 9.17) is 4.74 Å². The minimum absolute atomic E-state index is 0.576. The second-order valence-electron chi connectivity index (χ2n) is 5.92. The van der Waals surface area contributed by atoms with Gasteiger partial charge in [-0.05, 0) is 24.3 Å². The molecule has 134 valence electrons. The number of nitrogens with one attached hydrogen (secondary N) is 1. The largest absolute Gasteiger partial charge is 0.491 e. The van der Waals surface area contributed by atoms with Crippen molar-refractivity contribution in [3.8, 4) is 28.3 Å². The van der Waals surface area contributed by atoms with Crippen molar-refractivity contribution in [2.24, 2.45) is 7.05 Å². The molecule has 0 amide bonds. The summed E-state index contributed by atoms with van der Waals surface area (Å²) in [4.78, 5) is 12.8. The number of nitrogens with zero attached hydrogens (tertiary/aromatic N) is 5. The fraction of sp³-hybridized carbons (Fsp3) is 0.100. The zero-order valence-corrected chi connectivity index (χ0v) is 15.0. The number of benzene rings is 1. The molecule has 0 saturated carbocycles. The van der Waals surface area contributed by atoms with Gasteiger partial charge in [-0.3, -0.25) is 9.67 Å². The maximum absolute atomic E-state index is 5.63. The molecule has 3 aromatic heterocycles. The highest BCUT2D eigenvalue weighted by Gasteiger charge is 2.15. The third kappa shape index (κ3) is 3.48. The van der Waals surface area contributed by atoms with Crippen LogP contribution in [0.15, 0.2) is 67.4 Å². The lowest BCUT2D eigenvalue weighted by Gasteiger charge is -2.13. The van der Waals surface area contributed by atoms with Crippen molar-refractivity contribution in [3.05, 3.63) is 67.4 Å². The Morgan fingerprint density at radius 2 is 1.81 bits per heavy atom. The van der Waals surface area contributed by atoms with Gasteiger partial charge >= 0.3 is 0 Å². The Morgan fingerprint density at radius 3 is 2.56 bits per heavy atom. The molecule has 4 rings (SSSR count). The zero-order valence-electron chi connectivity index (χ0n) is 15.0. The average molecular weight is 358 g/mol. The second kappa shape index (κ2) is 7.25. The number of hydrogen-bond acceptors (Lipinski definition) is 6. The number of aromatic nitrogens is 5. The van der Waals surface area contributed by atoms with Crippen LogP contribution in [0.1, 0.15) is 0 Å². The van der Waals surface area contributed by atoms with Crippen LogP contribution in [0.25, 0.3) is 22.5 Å². The van der Waals surface area contributed by atoms with Crippen LogP contribution in [0, 0.1) is 0 Å². The summed E-state index contributed by atoms with van der Waals surface area (Å²) in [5, 5.41) is 7.72. The molecule has 7 heteroatoms. The maximum Gasteiger partial charge on any atom is 0.187 e. The first-order valence-corrected chi connectivity index (χ1v) is 8.41. The molecule has 1 aromatic carbocycles. The molecule has 3 heterocycles. The molecule has 1 N–H and O–H groups in total. The van der Waals surface area contributed by atoms with Crippen LogP contribution in [0.5, 0.6) is 5.75 Å². The van der Waals surface area contributed by atoms with Gasteiger partial charge in [-0.15, -0.1) is 0 Å². The van der Waals surface area contributed by atoms with E-state index in [0.717, 1.165) is 22.5 Å². The van der Waals surface area contributed by atoms with Crippen LogP contribution in [0.2, 0.25) is 0 Å². The number of methoxy groups -OCH3 is 1. The van der Waals surface area contributed by atoms with E-state index in [1.54, 1.807) is 24.2 Å². The first kappa shape index (κ1) is 16.7. The Bertz CT molecular complexity index is 1060. The van der Waals surface area contributed by atoms with Crippen LogP contribution in [0.3, 0.4) is 0 Å². The van der Waals surface area contributed by atoms with Crippen LogP contribution in [0.4, 0.5) is 11.5 Å². The van der Waals surface area contributed by atoms with Crippen molar-refractivity contribution in [1.29, 1.82) is 0 Å². The molecule has 0 radical (unpaired) electrons. The topological polar surface area (TPSA) is 77.8 Å². The number of aryl methyl sites for hydroxylation is 1. The summed E-state index contributed by atoms with van der Waals surface area (Å²) < 4.78 is 7.41. The fourth-order valence-electron chi connectivity index (χ4n) is 2.83. The summed E-state index contributed by atoms with van der Waals surface area (Å²) in [6, 6.07) is 13.8. The summed E-state index contributed by atoms with van der Waals surface area (Å²) in [7, 11) is 3.51. The molecule has 4 aromatic rings. The lowest BCUT2D eigenvalue weighted by atomic mass is 10.1. The number of anilines is 2. The number of hydrogen-bond donors (Lipinski definition) is 1. The Morgan fingerprint density at radius 1 is 1.00 bits per heavy atom. The molecule has 0 unspecified atom stereocenters. The minimum atomic E-state index is 0.576. The van der Waals surface area contributed by atoms with Crippen molar-refractivity contribution in [3.63, 3.8) is 0 Å². The Kier molecular flexibility index (Phi) is 4.49. The van der Waals surface area contributed by atoms with Gasteiger partial charge in [-0.2, -0.15) is 5.10 Å². The smallest absolute Gasteiger partial charge is 0.187 e. The number of pyridine rings is 1. The zero-order chi connectivity index (χ0) is 18.6. The van der Waals surface area contributed by atoms with Crippen LogP contribution < -0.4 is 10.1 Å². The molecular weight excluding hydrogens is 340 g/mol. The summed E-state index contributed by atoms with van der Waals surface area (Å²) in [6.45, 7) is 0. The molecule has 0 bridgehead atoms. The molecule has 0 aliphatic carbocycles. The van der Waals surface area contributed by atoms with Crippen molar-refractivity contribution < 1.29 is 4.74 Å². The van der Waals surface area contributed by atoms with Gasteiger partial charge in [0.25, 0.3) is 0 Å². The molecule has 0 spiro atoms. The SMILES string of the molecule is COc1c(Nc2ccncc2)ncnc1-c1cccc(-c2ccn(C)n2)c1. The summed E-state index contributed by atoms with van der Waals surface area (Å²) in [5.74, 6) is 1.17. The van der Waals surface area contributed by atoms with Crippen LogP contribution in [-0.4, -0.2) is 31.8 Å².